The Morgan fingerprint density at radius 3 is 2.00 bits per heavy atom. The predicted molar refractivity (Wildman–Crippen MR) is 20.5 cm³/mol. The molecule has 3 heteroatoms. The smallest absolute Gasteiger partial charge is 0.102 e. The van der Waals surface area contributed by atoms with E-state index in [1.165, 1.54) is 0 Å². The van der Waals surface area contributed by atoms with Gasteiger partial charge in [-0.05, 0) is 6.42 Å². The number of rotatable bonds is 1. The van der Waals surface area contributed by atoms with Gasteiger partial charge in [-0.2, -0.15) is 0 Å². The van der Waals surface area contributed by atoms with Crippen LogP contribution in [0.15, 0.2) is 0 Å². The minimum absolute atomic E-state index is 0. The predicted octanol–water partition coefficient (Wildman–Crippen LogP) is -0.329. The van der Waals surface area contributed by atoms with Gasteiger partial charge in [0.1, 0.15) is 6.23 Å². The van der Waals surface area contributed by atoms with Crippen molar-refractivity contribution >= 4 is 0 Å². The molecule has 40 valence electrons. The van der Waals surface area contributed by atoms with E-state index in [9.17, 15) is 0 Å². The second-order valence-corrected chi connectivity index (χ2v) is 0.976. The molecular formula is C3H9NORu. The van der Waals surface area contributed by atoms with Crippen molar-refractivity contribution in [2.24, 2.45) is 5.73 Å². The van der Waals surface area contributed by atoms with Gasteiger partial charge in [0.2, 0.25) is 0 Å². The van der Waals surface area contributed by atoms with Crippen molar-refractivity contribution < 1.29 is 24.6 Å². The molecule has 0 aliphatic rings. The van der Waals surface area contributed by atoms with Crippen molar-refractivity contribution in [2.45, 2.75) is 19.6 Å². The molecule has 1 unspecified atom stereocenters. The standard InChI is InChI=1S/C3H9NO.Ru/c1-2-3(4)5;/h3,5H,2,4H2,1H3;. The van der Waals surface area contributed by atoms with E-state index in [2.05, 4.69) is 0 Å². The van der Waals surface area contributed by atoms with E-state index < -0.39 is 6.23 Å². The molecule has 0 bridgehead atoms. The Balaban J connectivity index is 0. The topological polar surface area (TPSA) is 46.2 Å². The van der Waals surface area contributed by atoms with Crippen LogP contribution in [-0.2, 0) is 19.5 Å². The van der Waals surface area contributed by atoms with Crippen LogP contribution in [0, 0.1) is 0 Å². The molecule has 0 heterocycles. The molecule has 0 rings (SSSR count). The molecule has 6 heavy (non-hydrogen) atoms. The molecule has 0 aliphatic heterocycles. The average molecular weight is 176 g/mol. The molecule has 0 aromatic rings. The zero-order valence-corrected chi connectivity index (χ0v) is 5.40. The van der Waals surface area contributed by atoms with Gasteiger partial charge in [-0.3, -0.25) is 0 Å². The Kier molecular flexibility index (Phi) is 9.00. The molecule has 3 N–H and O–H groups in total. The summed E-state index contributed by atoms with van der Waals surface area (Å²) < 4.78 is 0. The average Bonchev–Trinajstić information content (AvgIpc) is 1.38. The molecule has 0 amide bonds. The molecule has 0 saturated heterocycles. The summed E-state index contributed by atoms with van der Waals surface area (Å²) in [6.45, 7) is 1.82. The van der Waals surface area contributed by atoms with Crippen LogP contribution in [-0.4, -0.2) is 11.3 Å². The Morgan fingerprint density at radius 1 is 1.83 bits per heavy atom. The van der Waals surface area contributed by atoms with Crippen molar-refractivity contribution in [1.82, 2.24) is 0 Å². The first-order chi connectivity index (χ1) is 2.27. The third kappa shape index (κ3) is 8.82. The molecule has 0 aromatic carbocycles. The first kappa shape index (κ1) is 9.74. The van der Waals surface area contributed by atoms with E-state index >= 15 is 0 Å². The molecule has 0 radical (unpaired) electrons. The van der Waals surface area contributed by atoms with E-state index in [-0.39, 0.29) is 19.5 Å². The van der Waals surface area contributed by atoms with Gasteiger partial charge in [0, 0.05) is 19.5 Å². The van der Waals surface area contributed by atoms with Gasteiger partial charge in [0.15, 0.2) is 0 Å². The number of hydrogen-bond donors (Lipinski definition) is 2. The number of nitrogens with two attached hydrogens (primary N) is 1. The van der Waals surface area contributed by atoms with Crippen LogP contribution < -0.4 is 5.73 Å². The maximum atomic E-state index is 8.14. The van der Waals surface area contributed by atoms with E-state index in [4.69, 9.17) is 10.8 Å². The van der Waals surface area contributed by atoms with Gasteiger partial charge in [-0.1, -0.05) is 6.92 Å². The third-order valence-corrected chi connectivity index (χ3v) is 0.418. The first-order valence-corrected chi connectivity index (χ1v) is 1.71. The largest absolute Gasteiger partial charge is 0.379 e. The van der Waals surface area contributed by atoms with Gasteiger partial charge >= 0.3 is 0 Å². The van der Waals surface area contributed by atoms with Crippen LogP contribution in [0.1, 0.15) is 13.3 Å². The fraction of sp³-hybridized carbons (Fsp3) is 1.00. The normalized spacial score (nSPS) is 12.5. The molecule has 0 spiro atoms. The Morgan fingerprint density at radius 2 is 2.00 bits per heavy atom. The van der Waals surface area contributed by atoms with Gasteiger partial charge in [0.05, 0.1) is 0 Å². The number of hydrogen-bond acceptors (Lipinski definition) is 2. The zero-order valence-electron chi connectivity index (χ0n) is 3.66. The zero-order chi connectivity index (χ0) is 4.28. The van der Waals surface area contributed by atoms with Crippen LogP contribution in [0.3, 0.4) is 0 Å². The Hall–Kier alpha value is 0.543. The van der Waals surface area contributed by atoms with Gasteiger partial charge < -0.3 is 10.8 Å². The summed E-state index contributed by atoms with van der Waals surface area (Å²) in [5.41, 5.74) is 4.85. The molecule has 0 aliphatic carbocycles. The summed E-state index contributed by atoms with van der Waals surface area (Å²) in [5, 5.41) is 8.14. The van der Waals surface area contributed by atoms with E-state index in [0.717, 1.165) is 0 Å². The van der Waals surface area contributed by atoms with Crippen molar-refractivity contribution in [3.05, 3.63) is 0 Å². The fourth-order valence-electron chi connectivity index (χ4n) is 0. The summed E-state index contributed by atoms with van der Waals surface area (Å²) in [6.07, 6.45) is 0.0231. The summed E-state index contributed by atoms with van der Waals surface area (Å²) in [5.74, 6) is 0. The summed E-state index contributed by atoms with van der Waals surface area (Å²) >= 11 is 0. The van der Waals surface area contributed by atoms with Crippen LogP contribution in [0.4, 0.5) is 0 Å². The monoisotopic (exact) mass is 177 g/mol. The van der Waals surface area contributed by atoms with Crippen LogP contribution in [0.5, 0.6) is 0 Å². The summed E-state index contributed by atoms with van der Waals surface area (Å²) in [7, 11) is 0. The van der Waals surface area contributed by atoms with E-state index in [0.29, 0.717) is 6.42 Å². The molecular weight excluding hydrogens is 167 g/mol. The SMILES string of the molecule is CCC(N)O.[Ru]. The van der Waals surface area contributed by atoms with Crippen molar-refractivity contribution in [3.8, 4) is 0 Å². The van der Waals surface area contributed by atoms with E-state index in [1.807, 2.05) is 6.92 Å². The quantitative estimate of drug-likeness (QED) is 0.424. The van der Waals surface area contributed by atoms with E-state index in [1.54, 1.807) is 0 Å². The molecule has 0 fully saturated rings. The second kappa shape index (κ2) is 5.54. The Labute approximate surface area is 50.5 Å². The minimum Gasteiger partial charge on any atom is -0.379 e. The van der Waals surface area contributed by atoms with Crippen molar-refractivity contribution in [2.75, 3.05) is 0 Å². The maximum Gasteiger partial charge on any atom is 0.102 e. The summed E-state index contributed by atoms with van der Waals surface area (Å²) in [4.78, 5) is 0. The third-order valence-electron chi connectivity index (χ3n) is 0.418. The second-order valence-electron chi connectivity index (χ2n) is 0.976. The number of aliphatic hydroxyl groups excluding tert-OH is 1. The maximum absolute atomic E-state index is 8.14. The molecule has 0 saturated carbocycles. The minimum atomic E-state index is -0.616. The van der Waals surface area contributed by atoms with Gasteiger partial charge in [0.25, 0.3) is 0 Å². The fourth-order valence-corrected chi connectivity index (χ4v) is 0. The van der Waals surface area contributed by atoms with Crippen LogP contribution in [0.25, 0.3) is 0 Å². The van der Waals surface area contributed by atoms with Gasteiger partial charge in [-0.25, -0.2) is 0 Å². The first-order valence-electron chi connectivity index (χ1n) is 1.71. The van der Waals surface area contributed by atoms with Crippen molar-refractivity contribution in [3.63, 3.8) is 0 Å². The van der Waals surface area contributed by atoms with Gasteiger partial charge in [-0.15, -0.1) is 0 Å². The molecule has 1 atom stereocenters. The summed E-state index contributed by atoms with van der Waals surface area (Å²) in [6, 6.07) is 0. The Bertz CT molecular complexity index is 24.8. The molecule has 0 aromatic heterocycles. The van der Waals surface area contributed by atoms with Crippen LogP contribution >= 0.6 is 0 Å². The van der Waals surface area contributed by atoms with Crippen molar-refractivity contribution in [1.29, 1.82) is 0 Å². The van der Waals surface area contributed by atoms with Crippen LogP contribution in [0.2, 0.25) is 0 Å². The number of aliphatic hydroxyl groups is 1. The molecule has 2 nitrogen and oxygen atoms in total.